The van der Waals surface area contributed by atoms with Gasteiger partial charge < -0.3 is 9.64 Å². The number of nitrogens with zero attached hydrogens (tertiary/aromatic N) is 2. The first-order chi connectivity index (χ1) is 10.6. The van der Waals surface area contributed by atoms with E-state index in [2.05, 4.69) is 4.98 Å². The van der Waals surface area contributed by atoms with Crippen LogP contribution in [0.1, 0.15) is 12.5 Å². The lowest BCUT2D eigenvalue weighted by Gasteiger charge is -2.31. The van der Waals surface area contributed by atoms with Gasteiger partial charge in [-0.3, -0.25) is 9.78 Å². The highest BCUT2D eigenvalue weighted by atomic mass is 35.5. The lowest BCUT2D eigenvalue weighted by atomic mass is 9.99. The lowest BCUT2D eigenvalue weighted by Crippen LogP contribution is -2.41. The number of hydrogen-bond donors (Lipinski definition) is 0. The third-order valence-electron chi connectivity index (χ3n) is 3.77. The van der Waals surface area contributed by atoms with E-state index in [0.717, 1.165) is 11.3 Å². The highest BCUT2D eigenvalue weighted by Gasteiger charge is 2.27. The van der Waals surface area contributed by atoms with Gasteiger partial charge in [-0.05, 0) is 24.1 Å². The Kier molecular flexibility index (Phi) is 4.29. The molecule has 1 amide bonds. The number of ether oxygens (including phenoxy) is 1. The summed E-state index contributed by atoms with van der Waals surface area (Å²) in [4.78, 5) is 18.6. The van der Waals surface area contributed by atoms with E-state index in [1.165, 1.54) is 0 Å². The van der Waals surface area contributed by atoms with E-state index in [-0.39, 0.29) is 11.8 Å². The zero-order valence-electron chi connectivity index (χ0n) is 12.3. The molecule has 1 aliphatic rings. The van der Waals surface area contributed by atoms with Gasteiger partial charge in [0.15, 0.2) is 0 Å². The molecule has 4 nitrogen and oxygen atoms in total. The maximum absolute atomic E-state index is 12.7. The maximum Gasteiger partial charge on any atom is 0.230 e. The molecule has 1 atom stereocenters. The maximum atomic E-state index is 12.7. The van der Waals surface area contributed by atoms with Gasteiger partial charge in [0.2, 0.25) is 5.91 Å². The van der Waals surface area contributed by atoms with Crippen LogP contribution >= 0.6 is 11.6 Å². The molecule has 0 fully saturated rings. The topological polar surface area (TPSA) is 42.4 Å². The zero-order valence-corrected chi connectivity index (χ0v) is 13.1. The molecule has 2 aromatic rings. The molecule has 0 radical (unpaired) electrons. The van der Waals surface area contributed by atoms with Gasteiger partial charge in [-0.25, -0.2) is 0 Å². The van der Waals surface area contributed by atoms with E-state index in [4.69, 9.17) is 16.3 Å². The molecule has 0 saturated carbocycles. The molecule has 0 bridgehead atoms. The van der Waals surface area contributed by atoms with E-state index in [1.54, 1.807) is 23.4 Å². The van der Waals surface area contributed by atoms with Crippen molar-refractivity contribution in [2.75, 3.05) is 18.1 Å². The summed E-state index contributed by atoms with van der Waals surface area (Å²) >= 11 is 5.89. The van der Waals surface area contributed by atoms with Gasteiger partial charge in [0, 0.05) is 23.2 Å². The Labute approximate surface area is 134 Å². The highest BCUT2D eigenvalue weighted by Crippen LogP contribution is 2.31. The number of aromatic nitrogens is 1. The van der Waals surface area contributed by atoms with Crippen molar-refractivity contribution in [3.05, 3.63) is 53.3 Å². The minimum atomic E-state index is -0.118. The average molecular weight is 317 g/mol. The van der Waals surface area contributed by atoms with E-state index < -0.39 is 0 Å². The summed E-state index contributed by atoms with van der Waals surface area (Å²) in [7, 11) is 0. The second-order valence-electron chi connectivity index (χ2n) is 5.41. The smallest absolute Gasteiger partial charge is 0.230 e. The second kappa shape index (κ2) is 6.36. The molecule has 5 heteroatoms. The quantitative estimate of drug-likeness (QED) is 0.872. The van der Waals surface area contributed by atoms with Crippen LogP contribution in [0.15, 0.2) is 42.7 Å². The van der Waals surface area contributed by atoms with Gasteiger partial charge in [-0.15, -0.1) is 0 Å². The summed E-state index contributed by atoms with van der Waals surface area (Å²) in [6, 6.07) is 9.41. The number of hydrogen-bond acceptors (Lipinski definition) is 3. The van der Waals surface area contributed by atoms with Crippen LogP contribution in [0.5, 0.6) is 5.75 Å². The number of fused-ring (bicyclic) bond motifs is 1. The number of anilines is 1. The van der Waals surface area contributed by atoms with Crippen molar-refractivity contribution in [1.82, 2.24) is 4.98 Å². The lowest BCUT2D eigenvalue weighted by molar-refractivity contribution is -0.122. The molecule has 1 aromatic carbocycles. The summed E-state index contributed by atoms with van der Waals surface area (Å²) in [6.07, 6.45) is 4.04. The fourth-order valence-corrected chi connectivity index (χ4v) is 2.75. The fraction of sp³-hybridized carbons (Fsp3) is 0.294. The number of rotatable bonds is 3. The van der Waals surface area contributed by atoms with Crippen LogP contribution in [-0.4, -0.2) is 24.0 Å². The highest BCUT2D eigenvalue weighted by molar-refractivity contribution is 6.30. The van der Waals surface area contributed by atoms with Crippen LogP contribution in [0.3, 0.4) is 0 Å². The standard InChI is InChI=1S/C17H17ClN2O2/c1-12(10-13-2-4-14(18)5-3-13)17(21)20-8-9-22-16-6-7-19-11-15(16)20/h2-7,11-12H,8-10H2,1H3. The monoisotopic (exact) mass is 316 g/mol. The minimum absolute atomic E-state index is 0.0903. The molecule has 0 N–H and O–H groups in total. The molecule has 0 spiro atoms. The minimum Gasteiger partial charge on any atom is -0.489 e. The van der Waals surface area contributed by atoms with Crippen LogP contribution in [-0.2, 0) is 11.2 Å². The van der Waals surface area contributed by atoms with Crippen LogP contribution in [0.25, 0.3) is 0 Å². The summed E-state index contributed by atoms with van der Waals surface area (Å²) in [5, 5.41) is 0.705. The Bertz CT molecular complexity index is 673. The summed E-state index contributed by atoms with van der Waals surface area (Å²) in [5.41, 5.74) is 1.85. The van der Waals surface area contributed by atoms with Crippen molar-refractivity contribution in [2.45, 2.75) is 13.3 Å². The van der Waals surface area contributed by atoms with Gasteiger partial charge in [0.05, 0.1) is 12.7 Å². The van der Waals surface area contributed by atoms with Crippen LogP contribution < -0.4 is 9.64 Å². The Morgan fingerprint density at radius 2 is 2.14 bits per heavy atom. The molecule has 2 heterocycles. The van der Waals surface area contributed by atoms with Crippen molar-refractivity contribution < 1.29 is 9.53 Å². The third kappa shape index (κ3) is 3.07. The largest absolute Gasteiger partial charge is 0.489 e. The van der Waals surface area contributed by atoms with Crippen molar-refractivity contribution in [3.63, 3.8) is 0 Å². The van der Waals surface area contributed by atoms with Crippen molar-refractivity contribution in [2.24, 2.45) is 5.92 Å². The average Bonchev–Trinajstić information content (AvgIpc) is 2.55. The second-order valence-corrected chi connectivity index (χ2v) is 5.85. The van der Waals surface area contributed by atoms with E-state index >= 15 is 0 Å². The third-order valence-corrected chi connectivity index (χ3v) is 4.02. The number of amides is 1. The molecule has 3 rings (SSSR count). The SMILES string of the molecule is CC(Cc1ccc(Cl)cc1)C(=O)N1CCOc2ccncc21. The zero-order chi connectivity index (χ0) is 15.5. The molecular formula is C17H17ClN2O2. The van der Waals surface area contributed by atoms with E-state index in [9.17, 15) is 4.79 Å². The molecule has 1 unspecified atom stereocenters. The molecule has 22 heavy (non-hydrogen) atoms. The van der Waals surface area contributed by atoms with Crippen molar-refractivity contribution in [1.29, 1.82) is 0 Å². The first-order valence-electron chi connectivity index (χ1n) is 7.28. The van der Waals surface area contributed by atoms with Gasteiger partial charge in [0.1, 0.15) is 18.0 Å². The molecule has 0 aliphatic carbocycles. The van der Waals surface area contributed by atoms with Crippen LogP contribution in [0.2, 0.25) is 5.02 Å². The van der Waals surface area contributed by atoms with Crippen LogP contribution in [0, 0.1) is 5.92 Å². The number of pyridine rings is 1. The first-order valence-corrected chi connectivity index (χ1v) is 7.65. The Morgan fingerprint density at radius 3 is 2.91 bits per heavy atom. The van der Waals surface area contributed by atoms with Crippen molar-refractivity contribution >= 4 is 23.2 Å². The number of carbonyl (C=O) groups is 1. The summed E-state index contributed by atoms with van der Waals surface area (Å²) in [5.74, 6) is 0.688. The molecule has 0 saturated heterocycles. The summed E-state index contributed by atoms with van der Waals surface area (Å²) in [6.45, 7) is 3.02. The Morgan fingerprint density at radius 1 is 1.36 bits per heavy atom. The van der Waals surface area contributed by atoms with Crippen LogP contribution in [0.4, 0.5) is 5.69 Å². The number of halogens is 1. The molecule has 1 aromatic heterocycles. The normalized spacial score (nSPS) is 14.9. The number of benzene rings is 1. The van der Waals surface area contributed by atoms with E-state index in [1.807, 2.05) is 31.2 Å². The van der Waals surface area contributed by atoms with E-state index in [0.29, 0.717) is 30.3 Å². The molecule has 1 aliphatic heterocycles. The van der Waals surface area contributed by atoms with Gasteiger partial charge in [-0.2, -0.15) is 0 Å². The molecule has 114 valence electrons. The van der Waals surface area contributed by atoms with Gasteiger partial charge in [0.25, 0.3) is 0 Å². The van der Waals surface area contributed by atoms with Crippen molar-refractivity contribution in [3.8, 4) is 5.75 Å². The predicted octanol–water partition coefficient (Wildman–Crippen LogP) is 3.34. The number of carbonyl (C=O) groups excluding carboxylic acids is 1. The predicted molar refractivity (Wildman–Crippen MR) is 86.4 cm³/mol. The molecular weight excluding hydrogens is 300 g/mol. The van der Waals surface area contributed by atoms with Gasteiger partial charge >= 0.3 is 0 Å². The fourth-order valence-electron chi connectivity index (χ4n) is 2.62. The Hall–Kier alpha value is -2.07. The Balaban J connectivity index is 1.75. The van der Waals surface area contributed by atoms with Gasteiger partial charge in [-0.1, -0.05) is 30.7 Å². The summed E-state index contributed by atoms with van der Waals surface area (Å²) < 4.78 is 5.57. The first kappa shape index (κ1) is 14.9.